The molecule has 0 aliphatic heterocycles. The SMILES string of the molecule is Cc1ccc(COCc2c(F)c(F)c(F)c(P)c2F)c(NC(=O)CCl)c1. The number of anilines is 1. The number of hydrogen-bond acceptors (Lipinski definition) is 2. The number of ether oxygens (including phenoxy) is 1. The summed E-state index contributed by atoms with van der Waals surface area (Å²) in [6, 6.07) is 5.11. The van der Waals surface area contributed by atoms with E-state index in [4.69, 9.17) is 16.3 Å². The highest BCUT2D eigenvalue weighted by atomic mass is 35.5. The van der Waals surface area contributed by atoms with Crippen LogP contribution in [0.2, 0.25) is 0 Å². The van der Waals surface area contributed by atoms with Gasteiger partial charge in [-0.25, -0.2) is 17.6 Å². The second kappa shape index (κ2) is 8.80. The molecule has 1 amide bonds. The van der Waals surface area contributed by atoms with Crippen molar-refractivity contribution < 1.29 is 27.1 Å². The molecule has 0 heterocycles. The van der Waals surface area contributed by atoms with E-state index in [2.05, 4.69) is 5.32 Å². The van der Waals surface area contributed by atoms with Crippen LogP contribution < -0.4 is 10.6 Å². The van der Waals surface area contributed by atoms with E-state index < -0.39 is 46.7 Å². The Kier molecular flexibility index (Phi) is 6.98. The number of hydrogen-bond donors (Lipinski definition) is 1. The van der Waals surface area contributed by atoms with Crippen molar-refractivity contribution in [3.8, 4) is 0 Å². The molecule has 0 bridgehead atoms. The predicted octanol–water partition coefficient (Wildman–Crippen LogP) is 3.95. The molecule has 1 atom stereocenters. The number of halogens is 5. The van der Waals surface area contributed by atoms with Crippen molar-refractivity contribution >= 4 is 37.7 Å². The molecule has 0 saturated carbocycles. The molecule has 9 heteroatoms. The van der Waals surface area contributed by atoms with Crippen LogP contribution in [0, 0.1) is 30.2 Å². The number of nitrogens with one attached hydrogen (secondary N) is 1. The van der Waals surface area contributed by atoms with E-state index in [0.717, 1.165) is 5.56 Å². The standard InChI is InChI=1S/C17H15ClF4NO2P/c1-8-2-3-9(11(4-8)23-12(24)5-18)6-25-7-10-13(19)15(21)16(22)17(26)14(10)20/h2-4H,5-7,26H2,1H3,(H,23,24). The second-order valence-corrected chi connectivity index (χ2v) is 6.33. The first-order valence-corrected chi connectivity index (χ1v) is 8.50. The topological polar surface area (TPSA) is 38.3 Å². The summed E-state index contributed by atoms with van der Waals surface area (Å²) in [4.78, 5) is 11.5. The van der Waals surface area contributed by atoms with Crippen molar-refractivity contribution in [2.45, 2.75) is 20.1 Å². The molecule has 2 rings (SSSR count). The maximum atomic E-state index is 14.0. The van der Waals surface area contributed by atoms with Crippen molar-refractivity contribution in [1.29, 1.82) is 0 Å². The lowest BCUT2D eigenvalue weighted by atomic mass is 10.1. The zero-order chi connectivity index (χ0) is 19.4. The molecule has 1 unspecified atom stereocenters. The third-order valence-electron chi connectivity index (χ3n) is 3.55. The van der Waals surface area contributed by atoms with E-state index in [1.54, 1.807) is 27.4 Å². The van der Waals surface area contributed by atoms with Crippen LogP contribution in [0.1, 0.15) is 16.7 Å². The molecule has 0 spiro atoms. The Morgan fingerprint density at radius 2 is 1.81 bits per heavy atom. The van der Waals surface area contributed by atoms with Gasteiger partial charge in [0, 0.05) is 16.6 Å². The summed E-state index contributed by atoms with van der Waals surface area (Å²) < 4.78 is 59.7. The van der Waals surface area contributed by atoms with Crippen molar-refractivity contribution in [2.75, 3.05) is 11.2 Å². The Morgan fingerprint density at radius 1 is 1.12 bits per heavy atom. The normalized spacial score (nSPS) is 10.9. The minimum absolute atomic E-state index is 0.123. The summed E-state index contributed by atoms with van der Waals surface area (Å²) in [6.07, 6.45) is 0. The summed E-state index contributed by atoms with van der Waals surface area (Å²) in [5.74, 6) is -6.89. The molecular formula is C17H15ClF4NO2P. The third kappa shape index (κ3) is 4.53. The number of aryl methyl sites for hydroxylation is 1. The number of carbonyl (C=O) groups is 1. The van der Waals surface area contributed by atoms with Gasteiger partial charge in [-0.1, -0.05) is 21.4 Å². The Labute approximate surface area is 154 Å². The number of alkyl halides is 1. The van der Waals surface area contributed by atoms with Crippen LogP contribution in [0.3, 0.4) is 0 Å². The van der Waals surface area contributed by atoms with E-state index in [0.29, 0.717) is 11.3 Å². The summed E-state index contributed by atoms with van der Waals surface area (Å²) in [6.45, 7) is 1.07. The molecule has 2 aromatic rings. The molecule has 26 heavy (non-hydrogen) atoms. The molecule has 2 aromatic carbocycles. The van der Waals surface area contributed by atoms with Gasteiger partial charge in [-0.15, -0.1) is 11.6 Å². The zero-order valence-electron chi connectivity index (χ0n) is 13.6. The van der Waals surface area contributed by atoms with Crippen molar-refractivity contribution in [2.24, 2.45) is 0 Å². The molecule has 0 aliphatic carbocycles. The van der Waals surface area contributed by atoms with E-state index in [1.807, 2.05) is 6.92 Å². The second-order valence-electron chi connectivity index (χ2n) is 5.48. The minimum Gasteiger partial charge on any atom is -0.372 e. The molecular weight excluding hydrogens is 393 g/mol. The predicted molar refractivity (Wildman–Crippen MR) is 94.6 cm³/mol. The maximum Gasteiger partial charge on any atom is 0.239 e. The molecule has 0 radical (unpaired) electrons. The summed E-state index contributed by atoms with van der Waals surface area (Å²) in [5.41, 5.74) is 1.12. The van der Waals surface area contributed by atoms with Crippen molar-refractivity contribution in [3.05, 3.63) is 58.2 Å². The fourth-order valence-electron chi connectivity index (χ4n) is 2.21. The highest BCUT2D eigenvalue weighted by Crippen LogP contribution is 2.23. The highest BCUT2D eigenvalue weighted by molar-refractivity contribution is 7.27. The average Bonchev–Trinajstić information content (AvgIpc) is 2.62. The summed E-state index contributed by atoms with van der Waals surface area (Å²) in [7, 11) is 1.69. The van der Waals surface area contributed by atoms with Crippen LogP contribution in [0.25, 0.3) is 0 Å². The Bertz CT molecular complexity index is 819. The van der Waals surface area contributed by atoms with Gasteiger partial charge >= 0.3 is 0 Å². The minimum atomic E-state index is -1.76. The van der Waals surface area contributed by atoms with Crippen LogP contribution in [0.4, 0.5) is 23.2 Å². The zero-order valence-corrected chi connectivity index (χ0v) is 15.5. The quantitative estimate of drug-likeness (QED) is 0.259. The van der Waals surface area contributed by atoms with Gasteiger partial charge in [-0.3, -0.25) is 4.79 Å². The van der Waals surface area contributed by atoms with Crippen LogP contribution in [0.5, 0.6) is 0 Å². The van der Waals surface area contributed by atoms with E-state index >= 15 is 0 Å². The van der Waals surface area contributed by atoms with Crippen molar-refractivity contribution in [1.82, 2.24) is 0 Å². The lowest BCUT2D eigenvalue weighted by Crippen LogP contribution is -2.16. The van der Waals surface area contributed by atoms with Crippen molar-refractivity contribution in [3.63, 3.8) is 0 Å². The Hall–Kier alpha value is -1.69. The van der Waals surface area contributed by atoms with Crippen LogP contribution >= 0.6 is 20.8 Å². The molecule has 1 N–H and O–H groups in total. The first kappa shape index (κ1) is 20.6. The number of benzene rings is 2. The molecule has 140 valence electrons. The monoisotopic (exact) mass is 407 g/mol. The van der Waals surface area contributed by atoms with E-state index in [-0.39, 0.29) is 12.5 Å². The number of carbonyl (C=O) groups excluding carboxylic acids is 1. The lowest BCUT2D eigenvalue weighted by molar-refractivity contribution is -0.113. The van der Waals surface area contributed by atoms with E-state index in [9.17, 15) is 22.4 Å². The van der Waals surface area contributed by atoms with Gasteiger partial charge < -0.3 is 10.1 Å². The Balaban J connectivity index is 2.18. The van der Waals surface area contributed by atoms with Gasteiger partial charge in [0.1, 0.15) is 11.7 Å². The summed E-state index contributed by atoms with van der Waals surface area (Å²) >= 11 is 5.46. The Morgan fingerprint density at radius 3 is 2.46 bits per heavy atom. The first-order chi connectivity index (χ1) is 12.3. The van der Waals surface area contributed by atoms with Gasteiger partial charge in [0.05, 0.1) is 18.8 Å². The summed E-state index contributed by atoms with van der Waals surface area (Å²) in [5, 5.41) is 1.89. The van der Waals surface area contributed by atoms with Gasteiger partial charge in [0.2, 0.25) is 5.91 Å². The van der Waals surface area contributed by atoms with Gasteiger partial charge in [0.25, 0.3) is 0 Å². The maximum absolute atomic E-state index is 14.0. The average molecular weight is 408 g/mol. The van der Waals surface area contributed by atoms with Gasteiger partial charge in [-0.05, 0) is 18.6 Å². The number of rotatable bonds is 6. The highest BCUT2D eigenvalue weighted by Gasteiger charge is 2.23. The molecule has 3 nitrogen and oxygen atoms in total. The molecule has 0 aromatic heterocycles. The fraction of sp³-hybridized carbons (Fsp3) is 0.235. The lowest BCUT2D eigenvalue weighted by Gasteiger charge is -2.13. The van der Waals surface area contributed by atoms with Crippen LogP contribution in [0.15, 0.2) is 18.2 Å². The third-order valence-corrected chi connectivity index (χ3v) is 4.30. The molecule has 0 aliphatic rings. The first-order valence-electron chi connectivity index (χ1n) is 7.39. The van der Waals surface area contributed by atoms with Crippen LogP contribution in [-0.4, -0.2) is 11.8 Å². The number of amides is 1. The molecule has 0 saturated heterocycles. The van der Waals surface area contributed by atoms with Gasteiger partial charge in [-0.2, -0.15) is 0 Å². The van der Waals surface area contributed by atoms with Crippen LogP contribution in [-0.2, 0) is 22.7 Å². The van der Waals surface area contributed by atoms with E-state index in [1.165, 1.54) is 0 Å². The van der Waals surface area contributed by atoms with Gasteiger partial charge in [0.15, 0.2) is 17.5 Å². The largest absolute Gasteiger partial charge is 0.372 e. The smallest absolute Gasteiger partial charge is 0.239 e. The molecule has 0 fully saturated rings. The fourth-order valence-corrected chi connectivity index (χ4v) is 2.58.